The Labute approximate surface area is 122 Å². The molecule has 0 aliphatic heterocycles. The Balaban J connectivity index is 2.43. The Morgan fingerprint density at radius 1 is 1.35 bits per heavy atom. The largest absolute Gasteiger partial charge is 0.496 e. The lowest BCUT2D eigenvalue weighted by Gasteiger charge is -2.12. The van der Waals surface area contributed by atoms with Gasteiger partial charge in [-0.15, -0.1) is 0 Å². The molecule has 1 heterocycles. The average Bonchev–Trinajstić information content (AvgIpc) is 2.41. The molecule has 0 spiro atoms. The van der Waals surface area contributed by atoms with Crippen LogP contribution in [0.4, 0.5) is 0 Å². The third kappa shape index (κ3) is 3.05. The van der Waals surface area contributed by atoms with Crippen LogP contribution in [0.3, 0.4) is 0 Å². The normalized spacial score (nSPS) is 10.3. The number of hydrogen-bond donors (Lipinski definition) is 1. The van der Waals surface area contributed by atoms with Crippen molar-refractivity contribution >= 4 is 17.2 Å². The van der Waals surface area contributed by atoms with Gasteiger partial charge in [-0.3, -0.25) is 4.79 Å². The van der Waals surface area contributed by atoms with Gasteiger partial charge in [0.1, 0.15) is 10.7 Å². The highest BCUT2D eigenvalue weighted by molar-refractivity contribution is 7.80. The van der Waals surface area contributed by atoms with Crippen molar-refractivity contribution in [3.63, 3.8) is 0 Å². The third-order valence-corrected chi connectivity index (χ3v) is 3.29. The van der Waals surface area contributed by atoms with Gasteiger partial charge in [0.05, 0.1) is 13.7 Å². The molecule has 2 N–H and O–H groups in total. The third-order valence-electron chi connectivity index (χ3n) is 3.06. The number of nitrogens with two attached hydrogens (primary N) is 1. The molecule has 0 bridgehead atoms. The van der Waals surface area contributed by atoms with Crippen LogP contribution in [0, 0.1) is 6.92 Å². The minimum absolute atomic E-state index is 0.0484. The SMILES string of the molecule is COc1ccc(C(N)=S)cc1Cn1ccc(C)cc1=O. The van der Waals surface area contributed by atoms with Crippen LogP contribution in [0.5, 0.6) is 5.75 Å². The zero-order valence-corrected chi connectivity index (χ0v) is 12.2. The predicted octanol–water partition coefficient (Wildman–Crippen LogP) is 1.85. The number of pyridine rings is 1. The maximum absolute atomic E-state index is 11.9. The van der Waals surface area contributed by atoms with Crippen molar-refractivity contribution in [2.24, 2.45) is 5.73 Å². The number of nitrogens with zero attached hydrogens (tertiary/aromatic N) is 1. The molecule has 104 valence electrons. The summed E-state index contributed by atoms with van der Waals surface area (Å²) in [6.45, 7) is 2.30. The van der Waals surface area contributed by atoms with Crippen molar-refractivity contribution in [2.45, 2.75) is 13.5 Å². The number of hydrogen-bond acceptors (Lipinski definition) is 3. The van der Waals surface area contributed by atoms with Crippen LogP contribution in [0.2, 0.25) is 0 Å². The van der Waals surface area contributed by atoms with Crippen molar-refractivity contribution in [1.29, 1.82) is 0 Å². The number of aromatic nitrogens is 1. The fourth-order valence-electron chi connectivity index (χ4n) is 1.98. The number of rotatable bonds is 4. The van der Waals surface area contributed by atoms with Gasteiger partial charge in [0.2, 0.25) is 0 Å². The molecule has 0 atom stereocenters. The summed E-state index contributed by atoms with van der Waals surface area (Å²) in [7, 11) is 1.59. The molecule has 0 aliphatic carbocycles. The molecule has 0 aliphatic rings. The second-order valence-corrected chi connectivity index (χ2v) is 5.00. The Kier molecular flexibility index (Phi) is 4.20. The van der Waals surface area contributed by atoms with Crippen molar-refractivity contribution in [3.05, 3.63) is 63.6 Å². The van der Waals surface area contributed by atoms with Gasteiger partial charge in [-0.2, -0.15) is 0 Å². The van der Waals surface area contributed by atoms with E-state index < -0.39 is 0 Å². The average molecular weight is 288 g/mol. The zero-order valence-electron chi connectivity index (χ0n) is 11.4. The molecular weight excluding hydrogens is 272 g/mol. The number of benzene rings is 1. The Morgan fingerprint density at radius 3 is 2.70 bits per heavy atom. The molecule has 0 radical (unpaired) electrons. The van der Waals surface area contributed by atoms with Crippen LogP contribution < -0.4 is 16.0 Å². The van der Waals surface area contributed by atoms with Gasteiger partial charge in [-0.1, -0.05) is 12.2 Å². The van der Waals surface area contributed by atoms with E-state index in [2.05, 4.69) is 0 Å². The lowest BCUT2D eigenvalue weighted by Crippen LogP contribution is -2.20. The molecule has 20 heavy (non-hydrogen) atoms. The maximum Gasteiger partial charge on any atom is 0.251 e. The summed E-state index contributed by atoms with van der Waals surface area (Å²) in [6, 6.07) is 8.97. The van der Waals surface area contributed by atoms with E-state index in [1.165, 1.54) is 0 Å². The minimum Gasteiger partial charge on any atom is -0.496 e. The topological polar surface area (TPSA) is 57.2 Å². The second kappa shape index (κ2) is 5.88. The van der Waals surface area contributed by atoms with Crippen molar-refractivity contribution in [2.75, 3.05) is 7.11 Å². The summed E-state index contributed by atoms with van der Waals surface area (Å²) in [4.78, 5) is 12.3. The molecule has 0 saturated carbocycles. The molecule has 1 aromatic carbocycles. The van der Waals surface area contributed by atoms with Crippen LogP contribution in [0.1, 0.15) is 16.7 Å². The van der Waals surface area contributed by atoms with Crippen molar-refractivity contribution in [3.8, 4) is 5.75 Å². The fraction of sp³-hybridized carbons (Fsp3) is 0.200. The molecule has 1 aromatic heterocycles. The van der Waals surface area contributed by atoms with Gasteiger partial charge >= 0.3 is 0 Å². The molecule has 2 rings (SSSR count). The van der Waals surface area contributed by atoms with Gasteiger partial charge in [-0.05, 0) is 36.8 Å². The Bertz CT molecular complexity index is 707. The van der Waals surface area contributed by atoms with E-state index in [-0.39, 0.29) is 5.56 Å². The highest BCUT2D eigenvalue weighted by Gasteiger charge is 2.07. The predicted molar refractivity (Wildman–Crippen MR) is 83.4 cm³/mol. The summed E-state index contributed by atoms with van der Waals surface area (Å²) >= 11 is 4.98. The van der Waals surface area contributed by atoms with Crippen LogP contribution in [0.15, 0.2) is 41.3 Å². The summed E-state index contributed by atoms with van der Waals surface area (Å²) in [5.41, 5.74) is 8.16. The first-order chi connectivity index (χ1) is 9.51. The van der Waals surface area contributed by atoms with Gasteiger partial charge in [0.15, 0.2) is 0 Å². The van der Waals surface area contributed by atoms with E-state index in [1.54, 1.807) is 23.9 Å². The molecule has 2 aromatic rings. The molecule has 5 heteroatoms. The van der Waals surface area contributed by atoms with E-state index in [1.807, 2.05) is 31.2 Å². The standard InChI is InChI=1S/C15H16N2O2S/c1-10-5-6-17(14(18)7-10)9-12-8-11(15(16)20)3-4-13(12)19-2/h3-8H,9H2,1-2H3,(H2,16,20). The number of thiocarbonyl (C=S) groups is 1. The van der Waals surface area contributed by atoms with E-state index in [0.717, 1.165) is 16.7 Å². The van der Waals surface area contributed by atoms with Gasteiger partial charge in [-0.25, -0.2) is 0 Å². The molecule has 0 unspecified atom stereocenters. The summed E-state index contributed by atoms with van der Waals surface area (Å²) in [5.74, 6) is 0.706. The number of ether oxygens (including phenoxy) is 1. The highest BCUT2D eigenvalue weighted by atomic mass is 32.1. The first-order valence-electron chi connectivity index (χ1n) is 6.15. The Hall–Kier alpha value is -2.14. The van der Waals surface area contributed by atoms with Crippen LogP contribution in [-0.2, 0) is 6.54 Å². The van der Waals surface area contributed by atoms with Crippen LogP contribution in [-0.4, -0.2) is 16.7 Å². The van der Waals surface area contributed by atoms with E-state index in [4.69, 9.17) is 22.7 Å². The lowest BCUT2D eigenvalue weighted by atomic mass is 10.1. The van der Waals surface area contributed by atoms with E-state index in [0.29, 0.717) is 17.3 Å². The minimum atomic E-state index is -0.0484. The molecular formula is C15H16N2O2S. The van der Waals surface area contributed by atoms with Crippen molar-refractivity contribution in [1.82, 2.24) is 4.57 Å². The zero-order chi connectivity index (χ0) is 14.7. The quantitative estimate of drug-likeness (QED) is 0.872. The first kappa shape index (κ1) is 14.3. The molecule has 0 amide bonds. The Morgan fingerprint density at radius 2 is 2.10 bits per heavy atom. The molecule has 0 fully saturated rings. The van der Waals surface area contributed by atoms with Gasteiger partial charge in [0.25, 0.3) is 5.56 Å². The molecule has 4 nitrogen and oxygen atoms in total. The summed E-state index contributed by atoms with van der Waals surface area (Å²) < 4.78 is 6.94. The van der Waals surface area contributed by atoms with Crippen LogP contribution in [0.25, 0.3) is 0 Å². The van der Waals surface area contributed by atoms with E-state index >= 15 is 0 Å². The lowest BCUT2D eigenvalue weighted by molar-refractivity contribution is 0.408. The number of aryl methyl sites for hydroxylation is 1. The highest BCUT2D eigenvalue weighted by Crippen LogP contribution is 2.20. The van der Waals surface area contributed by atoms with Crippen molar-refractivity contribution < 1.29 is 4.74 Å². The second-order valence-electron chi connectivity index (χ2n) is 4.56. The smallest absolute Gasteiger partial charge is 0.251 e. The first-order valence-corrected chi connectivity index (χ1v) is 6.56. The fourth-order valence-corrected chi connectivity index (χ4v) is 2.10. The van der Waals surface area contributed by atoms with Gasteiger partial charge in [0, 0.05) is 23.4 Å². The summed E-state index contributed by atoms with van der Waals surface area (Å²) in [5, 5.41) is 0. The molecule has 0 saturated heterocycles. The maximum atomic E-state index is 11.9. The van der Waals surface area contributed by atoms with Gasteiger partial charge < -0.3 is 15.0 Å². The van der Waals surface area contributed by atoms with E-state index in [9.17, 15) is 4.79 Å². The monoisotopic (exact) mass is 288 g/mol. The summed E-state index contributed by atoms with van der Waals surface area (Å²) in [6.07, 6.45) is 1.77. The van der Waals surface area contributed by atoms with Crippen LogP contribution >= 0.6 is 12.2 Å². The number of methoxy groups -OCH3 is 1.